The highest BCUT2D eigenvalue weighted by molar-refractivity contribution is 5.95. The molecule has 1 amide bonds. The molecule has 1 unspecified atom stereocenters. The molecule has 1 atom stereocenters. The zero-order valence-corrected chi connectivity index (χ0v) is 20.8. The number of carbonyl (C=O) groups is 2. The number of esters is 1. The summed E-state index contributed by atoms with van der Waals surface area (Å²) < 4.78 is 5.45. The van der Waals surface area contributed by atoms with Crippen LogP contribution in [0.5, 0.6) is 0 Å². The largest absolute Gasteiger partial charge is 0.460 e. The van der Waals surface area contributed by atoms with E-state index in [2.05, 4.69) is 50.3 Å². The van der Waals surface area contributed by atoms with Crippen LogP contribution in [-0.4, -0.2) is 43.0 Å². The van der Waals surface area contributed by atoms with Crippen LogP contribution < -0.4 is 15.8 Å². The molecule has 174 valence electrons. The Balaban J connectivity index is 3.14. The van der Waals surface area contributed by atoms with Gasteiger partial charge in [0.15, 0.2) is 0 Å². The second kappa shape index (κ2) is 12.5. The van der Waals surface area contributed by atoms with E-state index < -0.39 is 5.60 Å². The summed E-state index contributed by atoms with van der Waals surface area (Å²) >= 11 is 0. The first-order valence-electron chi connectivity index (χ1n) is 11.5. The van der Waals surface area contributed by atoms with Crippen molar-refractivity contribution in [2.45, 2.75) is 79.2 Å². The number of nitrogens with zero attached hydrogens (tertiary/aromatic N) is 1. The van der Waals surface area contributed by atoms with Gasteiger partial charge in [-0.3, -0.25) is 9.59 Å². The van der Waals surface area contributed by atoms with Crippen molar-refractivity contribution in [2.24, 2.45) is 5.92 Å². The van der Waals surface area contributed by atoms with Crippen LogP contribution in [0.25, 0.3) is 12.3 Å². The summed E-state index contributed by atoms with van der Waals surface area (Å²) in [6, 6.07) is 3.96. The van der Waals surface area contributed by atoms with Gasteiger partial charge < -0.3 is 15.0 Å². The SMILES string of the molecule is CC/C=c1\ccc(C(=O)NC)c(CC)\c1=C\N(C)CC(CC)CCC(=O)OC(C)(C)C. The average molecular weight is 431 g/mol. The molecular weight excluding hydrogens is 388 g/mol. The number of ether oxygens (including phenoxy) is 1. The van der Waals surface area contributed by atoms with Crippen molar-refractivity contribution in [3.8, 4) is 0 Å². The van der Waals surface area contributed by atoms with Crippen LogP contribution >= 0.6 is 0 Å². The monoisotopic (exact) mass is 430 g/mol. The molecular formula is C26H42N2O3. The van der Waals surface area contributed by atoms with Gasteiger partial charge in [-0.25, -0.2) is 0 Å². The molecule has 0 fully saturated rings. The maximum Gasteiger partial charge on any atom is 0.306 e. The molecule has 0 radical (unpaired) electrons. The Kier molecular flexibility index (Phi) is 10.8. The summed E-state index contributed by atoms with van der Waals surface area (Å²) in [6.07, 6.45) is 8.30. The highest BCUT2D eigenvalue weighted by atomic mass is 16.6. The maximum atomic E-state index is 12.4. The van der Waals surface area contributed by atoms with E-state index in [9.17, 15) is 9.59 Å². The third-order valence-electron chi connectivity index (χ3n) is 5.29. The van der Waals surface area contributed by atoms with E-state index in [4.69, 9.17) is 4.74 Å². The number of rotatable bonds is 10. The summed E-state index contributed by atoms with van der Waals surface area (Å²) in [7, 11) is 3.73. The van der Waals surface area contributed by atoms with E-state index in [-0.39, 0.29) is 11.9 Å². The Morgan fingerprint density at radius 1 is 1.19 bits per heavy atom. The van der Waals surface area contributed by atoms with Gasteiger partial charge in [-0.15, -0.1) is 0 Å². The van der Waals surface area contributed by atoms with E-state index in [1.54, 1.807) is 7.05 Å². The van der Waals surface area contributed by atoms with Crippen LogP contribution in [0.4, 0.5) is 0 Å². The Labute approximate surface area is 188 Å². The van der Waals surface area contributed by atoms with Gasteiger partial charge in [0, 0.05) is 44.0 Å². The van der Waals surface area contributed by atoms with E-state index in [1.165, 1.54) is 0 Å². The first-order chi connectivity index (χ1) is 14.6. The Morgan fingerprint density at radius 2 is 1.87 bits per heavy atom. The predicted octanol–water partition coefficient (Wildman–Crippen LogP) is 3.62. The van der Waals surface area contributed by atoms with Crippen molar-refractivity contribution in [1.29, 1.82) is 0 Å². The third kappa shape index (κ3) is 8.76. The summed E-state index contributed by atoms with van der Waals surface area (Å²) in [5.41, 5.74) is 1.35. The third-order valence-corrected chi connectivity index (χ3v) is 5.29. The number of benzene rings is 1. The summed E-state index contributed by atoms with van der Waals surface area (Å²) in [4.78, 5) is 26.7. The van der Waals surface area contributed by atoms with E-state index in [1.807, 2.05) is 32.9 Å². The lowest BCUT2D eigenvalue weighted by atomic mass is 9.98. The van der Waals surface area contributed by atoms with Crippen molar-refractivity contribution in [3.63, 3.8) is 0 Å². The fraction of sp³-hybridized carbons (Fsp3) is 0.615. The Bertz CT molecular complexity index is 853. The molecule has 0 aliphatic heterocycles. The molecule has 0 heterocycles. The number of carbonyl (C=O) groups excluding carboxylic acids is 2. The van der Waals surface area contributed by atoms with Gasteiger partial charge in [0.1, 0.15) is 5.60 Å². The molecule has 5 heteroatoms. The molecule has 0 spiro atoms. The highest BCUT2D eigenvalue weighted by Gasteiger charge is 2.18. The average Bonchev–Trinajstić information content (AvgIpc) is 2.70. The van der Waals surface area contributed by atoms with E-state index in [0.29, 0.717) is 12.3 Å². The summed E-state index contributed by atoms with van der Waals surface area (Å²) in [5.74, 6) is 0.199. The predicted molar refractivity (Wildman–Crippen MR) is 129 cm³/mol. The van der Waals surface area contributed by atoms with Crippen molar-refractivity contribution in [1.82, 2.24) is 10.2 Å². The quantitative estimate of drug-likeness (QED) is 0.576. The normalized spacial score (nSPS) is 13.8. The van der Waals surface area contributed by atoms with Gasteiger partial charge in [0.25, 0.3) is 5.91 Å². The van der Waals surface area contributed by atoms with E-state index >= 15 is 0 Å². The molecule has 1 rings (SSSR count). The molecule has 0 saturated carbocycles. The van der Waals surface area contributed by atoms with Crippen molar-refractivity contribution in [2.75, 3.05) is 20.6 Å². The van der Waals surface area contributed by atoms with Gasteiger partial charge in [-0.05, 0) is 62.8 Å². The van der Waals surface area contributed by atoms with Crippen LogP contribution in [0, 0.1) is 5.92 Å². The number of hydrogen-bond acceptors (Lipinski definition) is 4. The standard InChI is InChI=1S/C26H42N2O3/c1-9-12-20-14-15-22(25(30)27-7)21(11-3)23(20)18-28(8)17-19(10-2)13-16-24(29)31-26(4,5)6/h12,14-15,18-19H,9-11,13,16-17H2,1-8H3,(H,27,30)/b20-12+,23-18+. The lowest BCUT2D eigenvalue weighted by Gasteiger charge is -2.24. The molecule has 5 nitrogen and oxygen atoms in total. The van der Waals surface area contributed by atoms with Crippen LogP contribution in [0.2, 0.25) is 0 Å². The topological polar surface area (TPSA) is 58.6 Å². The van der Waals surface area contributed by atoms with Crippen LogP contribution in [0.3, 0.4) is 0 Å². The second-order valence-electron chi connectivity index (χ2n) is 9.11. The van der Waals surface area contributed by atoms with Crippen molar-refractivity contribution in [3.05, 3.63) is 33.7 Å². The zero-order chi connectivity index (χ0) is 23.6. The summed E-state index contributed by atoms with van der Waals surface area (Å²) in [5, 5.41) is 5.01. The van der Waals surface area contributed by atoms with Crippen LogP contribution in [-0.2, 0) is 16.0 Å². The molecule has 0 aliphatic carbocycles. The Morgan fingerprint density at radius 3 is 2.39 bits per heavy atom. The van der Waals surface area contributed by atoms with Gasteiger partial charge in [0.05, 0.1) is 0 Å². The first kappa shape index (κ1) is 26.7. The molecule has 0 aromatic heterocycles. The van der Waals surface area contributed by atoms with Crippen LogP contribution in [0.15, 0.2) is 12.1 Å². The first-order valence-corrected chi connectivity index (χ1v) is 11.5. The molecule has 1 N–H and O–H groups in total. The molecule has 31 heavy (non-hydrogen) atoms. The van der Waals surface area contributed by atoms with Crippen molar-refractivity contribution < 1.29 is 14.3 Å². The Hall–Kier alpha value is -2.30. The minimum Gasteiger partial charge on any atom is -0.460 e. The molecule has 0 bridgehead atoms. The molecule has 1 aromatic carbocycles. The van der Waals surface area contributed by atoms with Gasteiger partial charge >= 0.3 is 5.97 Å². The lowest BCUT2D eigenvalue weighted by Crippen LogP contribution is -2.36. The minimum absolute atomic E-state index is 0.0546. The van der Waals surface area contributed by atoms with Gasteiger partial charge in [-0.2, -0.15) is 0 Å². The molecule has 0 saturated heterocycles. The number of amides is 1. The fourth-order valence-electron chi connectivity index (χ4n) is 3.78. The molecule has 0 aliphatic rings. The van der Waals surface area contributed by atoms with Gasteiger partial charge in [-0.1, -0.05) is 39.3 Å². The minimum atomic E-state index is -0.443. The summed E-state index contributed by atoms with van der Waals surface area (Å²) in [6.45, 7) is 12.9. The highest BCUT2D eigenvalue weighted by Crippen LogP contribution is 2.16. The second-order valence-corrected chi connectivity index (χ2v) is 9.11. The molecule has 1 aromatic rings. The number of nitrogens with one attached hydrogen (secondary N) is 1. The fourth-order valence-corrected chi connectivity index (χ4v) is 3.78. The van der Waals surface area contributed by atoms with Crippen LogP contribution in [0.1, 0.15) is 83.1 Å². The number of hydrogen-bond donors (Lipinski definition) is 1. The smallest absolute Gasteiger partial charge is 0.306 e. The lowest BCUT2D eigenvalue weighted by molar-refractivity contribution is -0.155. The zero-order valence-electron chi connectivity index (χ0n) is 20.8. The van der Waals surface area contributed by atoms with Crippen molar-refractivity contribution >= 4 is 24.2 Å². The maximum absolute atomic E-state index is 12.4. The van der Waals surface area contributed by atoms with Gasteiger partial charge in [0.2, 0.25) is 0 Å². The van der Waals surface area contributed by atoms with E-state index in [0.717, 1.165) is 53.8 Å².